The molecular formula is C19H22F2N2O. The van der Waals surface area contributed by atoms with Gasteiger partial charge < -0.3 is 15.4 Å². The fourth-order valence-electron chi connectivity index (χ4n) is 3.42. The van der Waals surface area contributed by atoms with Crippen LogP contribution < -0.4 is 15.4 Å². The largest absolute Gasteiger partial charge is 0.497 e. The van der Waals surface area contributed by atoms with Crippen molar-refractivity contribution < 1.29 is 13.5 Å². The van der Waals surface area contributed by atoms with E-state index in [1.807, 2.05) is 29.2 Å². The molecule has 0 amide bonds. The number of ether oxygens (including phenoxy) is 1. The second kappa shape index (κ2) is 7.18. The van der Waals surface area contributed by atoms with Gasteiger partial charge in [0.25, 0.3) is 0 Å². The van der Waals surface area contributed by atoms with Gasteiger partial charge in [-0.3, -0.25) is 0 Å². The quantitative estimate of drug-likeness (QED) is 0.933. The Morgan fingerprint density at radius 1 is 1.12 bits per heavy atom. The van der Waals surface area contributed by atoms with Crippen molar-refractivity contribution in [1.82, 2.24) is 0 Å². The van der Waals surface area contributed by atoms with E-state index in [9.17, 15) is 8.78 Å². The summed E-state index contributed by atoms with van der Waals surface area (Å²) in [5.74, 6) is 0.0559. The van der Waals surface area contributed by atoms with E-state index in [1.54, 1.807) is 7.11 Å². The van der Waals surface area contributed by atoms with Gasteiger partial charge in [0.15, 0.2) is 0 Å². The van der Waals surface area contributed by atoms with E-state index in [-0.39, 0.29) is 6.04 Å². The zero-order valence-electron chi connectivity index (χ0n) is 13.7. The molecule has 3 nitrogen and oxygen atoms in total. The van der Waals surface area contributed by atoms with Crippen molar-refractivity contribution in [3.05, 3.63) is 59.7 Å². The smallest absolute Gasteiger partial charge is 0.149 e. The standard InChI is InChI=1S/C19H22F2N2O/c1-24-17-5-2-13(3-6-17)8-14-9-16(22)12-23(11-14)19-7-4-15(20)10-18(19)21/h2-7,10,14,16H,8-9,11-12,22H2,1H3. The maximum Gasteiger partial charge on any atom is 0.149 e. The van der Waals surface area contributed by atoms with Gasteiger partial charge in [-0.25, -0.2) is 8.78 Å². The third-order valence-electron chi connectivity index (χ3n) is 4.50. The van der Waals surface area contributed by atoms with Crippen LogP contribution in [0.2, 0.25) is 0 Å². The summed E-state index contributed by atoms with van der Waals surface area (Å²) in [6.45, 7) is 1.30. The molecule has 2 aromatic rings. The Hall–Kier alpha value is -2.14. The molecule has 128 valence electrons. The van der Waals surface area contributed by atoms with Crippen LogP contribution in [0.5, 0.6) is 5.75 Å². The van der Waals surface area contributed by atoms with Crippen LogP contribution in [0.1, 0.15) is 12.0 Å². The first kappa shape index (κ1) is 16.7. The number of nitrogens with two attached hydrogens (primary N) is 1. The minimum Gasteiger partial charge on any atom is -0.497 e. The topological polar surface area (TPSA) is 38.5 Å². The first-order chi connectivity index (χ1) is 11.5. The zero-order chi connectivity index (χ0) is 17.1. The second-order valence-corrected chi connectivity index (χ2v) is 6.41. The highest BCUT2D eigenvalue weighted by molar-refractivity contribution is 5.48. The lowest BCUT2D eigenvalue weighted by Gasteiger charge is -2.38. The summed E-state index contributed by atoms with van der Waals surface area (Å²) in [5.41, 5.74) is 7.80. The van der Waals surface area contributed by atoms with Gasteiger partial charge in [-0.15, -0.1) is 0 Å². The first-order valence-corrected chi connectivity index (χ1v) is 8.13. The Bertz CT molecular complexity index is 690. The molecule has 1 aliphatic heterocycles. The van der Waals surface area contributed by atoms with Crippen LogP contribution >= 0.6 is 0 Å². The molecule has 3 rings (SSSR count). The summed E-state index contributed by atoms with van der Waals surface area (Å²) in [5, 5.41) is 0. The number of rotatable bonds is 4. The summed E-state index contributed by atoms with van der Waals surface area (Å²) in [6.07, 6.45) is 1.77. The van der Waals surface area contributed by atoms with Crippen molar-refractivity contribution in [2.75, 3.05) is 25.1 Å². The average molecular weight is 332 g/mol. The number of anilines is 1. The molecule has 0 saturated carbocycles. The highest BCUT2D eigenvalue weighted by Crippen LogP contribution is 2.28. The highest BCUT2D eigenvalue weighted by Gasteiger charge is 2.27. The van der Waals surface area contributed by atoms with Crippen molar-refractivity contribution in [3.8, 4) is 5.75 Å². The van der Waals surface area contributed by atoms with Crippen LogP contribution in [0, 0.1) is 17.6 Å². The van der Waals surface area contributed by atoms with E-state index in [0.29, 0.717) is 24.7 Å². The van der Waals surface area contributed by atoms with Gasteiger partial charge in [0.05, 0.1) is 12.8 Å². The zero-order valence-corrected chi connectivity index (χ0v) is 13.7. The second-order valence-electron chi connectivity index (χ2n) is 6.41. The molecule has 1 heterocycles. The van der Waals surface area contributed by atoms with Crippen LogP contribution in [0.15, 0.2) is 42.5 Å². The predicted molar refractivity (Wildman–Crippen MR) is 91.4 cm³/mol. The summed E-state index contributed by atoms with van der Waals surface area (Å²) in [4.78, 5) is 1.93. The molecule has 0 bridgehead atoms. The first-order valence-electron chi connectivity index (χ1n) is 8.13. The van der Waals surface area contributed by atoms with Crippen molar-refractivity contribution in [2.45, 2.75) is 18.9 Å². The SMILES string of the molecule is COc1ccc(CC2CC(N)CN(c3ccc(F)cc3F)C2)cc1. The Kier molecular flexibility index (Phi) is 5.00. The molecule has 1 fully saturated rings. The van der Waals surface area contributed by atoms with E-state index in [4.69, 9.17) is 10.5 Å². The van der Waals surface area contributed by atoms with Crippen molar-refractivity contribution in [3.63, 3.8) is 0 Å². The van der Waals surface area contributed by atoms with Gasteiger partial charge in [-0.1, -0.05) is 12.1 Å². The molecular weight excluding hydrogens is 310 g/mol. The average Bonchev–Trinajstić information content (AvgIpc) is 2.55. The molecule has 24 heavy (non-hydrogen) atoms. The molecule has 2 N–H and O–H groups in total. The van der Waals surface area contributed by atoms with E-state index >= 15 is 0 Å². The lowest BCUT2D eigenvalue weighted by Crippen LogP contribution is -2.48. The van der Waals surface area contributed by atoms with Crippen molar-refractivity contribution in [2.24, 2.45) is 11.7 Å². The van der Waals surface area contributed by atoms with Gasteiger partial charge in [0, 0.05) is 25.2 Å². The molecule has 0 aliphatic carbocycles. The molecule has 2 aromatic carbocycles. The number of hydrogen-bond acceptors (Lipinski definition) is 3. The lowest BCUT2D eigenvalue weighted by molar-refractivity contribution is 0.371. The molecule has 0 spiro atoms. The monoisotopic (exact) mass is 332 g/mol. The Labute approximate surface area is 141 Å². The Morgan fingerprint density at radius 2 is 1.88 bits per heavy atom. The van der Waals surface area contributed by atoms with Gasteiger partial charge in [-0.2, -0.15) is 0 Å². The van der Waals surface area contributed by atoms with Gasteiger partial charge in [0.1, 0.15) is 17.4 Å². The third kappa shape index (κ3) is 3.85. The minimum atomic E-state index is -0.563. The molecule has 2 atom stereocenters. The fourth-order valence-corrected chi connectivity index (χ4v) is 3.42. The van der Waals surface area contributed by atoms with Gasteiger partial charge in [0.2, 0.25) is 0 Å². The normalized spacial score (nSPS) is 20.9. The molecule has 5 heteroatoms. The number of halogens is 2. The van der Waals surface area contributed by atoms with Crippen LogP contribution in [0.4, 0.5) is 14.5 Å². The summed E-state index contributed by atoms with van der Waals surface area (Å²) < 4.78 is 32.4. The molecule has 2 unspecified atom stereocenters. The third-order valence-corrected chi connectivity index (χ3v) is 4.50. The summed E-state index contributed by atoms with van der Waals surface area (Å²) in [7, 11) is 1.64. The fraction of sp³-hybridized carbons (Fsp3) is 0.368. The Morgan fingerprint density at radius 3 is 2.54 bits per heavy atom. The number of hydrogen-bond donors (Lipinski definition) is 1. The summed E-state index contributed by atoms with van der Waals surface area (Å²) >= 11 is 0. The van der Waals surface area contributed by atoms with Gasteiger partial charge in [-0.05, 0) is 48.6 Å². The molecule has 1 saturated heterocycles. The number of nitrogens with zero attached hydrogens (tertiary/aromatic N) is 1. The molecule has 1 aliphatic rings. The number of piperidine rings is 1. The van der Waals surface area contributed by atoms with Crippen molar-refractivity contribution >= 4 is 5.69 Å². The highest BCUT2D eigenvalue weighted by atomic mass is 19.1. The van der Waals surface area contributed by atoms with Gasteiger partial charge >= 0.3 is 0 Å². The van der Waals surface area contributed by atoms with Crippen LogP contribution in [-0.2, 0) is 6.42 Å². The maximum atomic E-state index is 14.1. The lowest BCUT2D eigenvalue weighted by atomic mass is 9.88. The number of methoxy groups -OCH3 is 1. The van der Waals surface area contributed by atoms with E-state index in [0.717, 1.165) is 24.7 Å². The van der Waals surface area contributed by atoms with Crippen LogP contribution in [-0.4, -0.2) is 26.2 Å². The van der Waals surface area contributed by atoms with Crippen molar-refractivity contribution in [1.29, 1.82) is 0 Å². The minimum absolute atomic E-state index is 0.0218. The molecule has 0 radical (unpaired) electrons. The maximum absolute atomic E-state index is 14.1. The van der Waals surface area contributed by atoms with E-state index in [2.05, 4.69) is 0 Å². The predicted octanol–water partition coefficient (Wildman–Crippen LogP) is 3.37. The van der Waals surface area contributed by atoms with E-state index < -0.39 is 11.6 Å². The Balaban J connectivity index is 1.72. The van der Waals surface area contributed by atoms with Crippen LogP contribution in [0.25, 0.3) is 0 Å². The summed E-state index contributed by atoms with van der Waals surface area (Å²) in [6, 6.07) is 11.7. The van der Waals surface area contributed by atoms with E-state index in [1.165, 1.54) is 17.7 Å². The van der Waals surface area contributed by atoms with Crippen LogP contribution in [0.3, 0.4) is 0 Å². The molecule has 0 aromatic heterocycles. The number of benzene rings is 2.